The highest BCUT2D eigenvalue weighted by Crippen LogP contribution is 2.34. The minimum atomic E-state index is -0.362. The third-order valence-corrected chi connectivity index (χ3v) is 4.99. The number of rotatable bonds is 4. The molecule has 136 valence electrons. The first-order chi connectivity index (χ1) is 12.6. The summed E-state index contributed by atoms with van der Waals surface area (Å²) in [5, 5.41) is 12.3. The van der Waals surface area contributed by atoms with Gasteiger partial charge in [-0.1, -0.05) is 23.7 Å². The zero-order valence-electron chi connectivity index (χ0n) is 14.9. The first kappa shape index (κ1) is 16.9. The number of halogens is 1. The van der Waals surface area contributed by atoms with Crippen LogP contribution >= 0.6 is 0 Å². The largest absolute Gasteiger partial charge is 0.419 e. The van der Waals surface area contributed by atoms with Gasteiger partial charge in [-0.25, -0.2) is 4.39 Å². The van der Waals surface area contributed by atoms with Gasteiger partial charge in [0.05, 0.1) is 17.3 Å². The fourth-order valence-electron chi connectivity index (χ4n) is 3.50. The van der Waals surface area contributed by atoms with Gasteiger partial charge in [-0.05, 0) is 45.4 Å². The SMILES string of the molecule is Cc1noc(C)c1CN1CCCC[C@H]1c1nnc(-c2ccccc2F)o1. The molecule has 1 fully saturated rings. The van der Waals surface area contributed by atoms with Gasteiger partial charge in [-0.2, -0.15) is 0 Å². The van der Waals surface area contributed by atoms with Crippen molar-refractivity contribution in [3.05, 3.63) is 53.0 Å². The Kier molecular flexibility index (Phi) is 4.55. The number of hydrogen-bond donors (Lipinski definition) is 0. The van der Waals surface area contributed by atoms with E-state index in [1.807, 2.05) is 13.8 Å². The van der Waals surface area contributed by atoms with Crippen LogP contribution in [0.3, 0.4) is 0 Å². The molecule has 0 aliphatic carbocycles. The summed E-state index contributed by atoms with van der Waals surface area (Å²) in [7, 11) is 0. The van der Waals surface area contributed by atoms with Crippen LogP contribution in [0.2, 0.25) is 0 Å². The lowest BCUT2D eigenvalue weighted by atomic mass is 10.0. The van der Waals surface area contributed by atoms with E-state index in [0.717, 1.165) is 49.4 Å². The van der Waals surface area contributed by atoms with Gasteiger partial charge in [0, 0.05) is 12.1 Å². The molecule has 1 aliphatic rings. The van der Waals surface area contributed by atoms with Crippen LogP contribution < -0.4 is 0 Å². The zero-order chi connectivity index (χ0) is 18.1. The van der Waals surface area contributed by atoms with E-state index in [1.165, 1.54) is 6.07 Å². The average molecular weight is 356 g/mol. The average Bonchev–Trinajstić information content (AvgIpc) is 3.25. The van der Waals surface area contributed by atoms with Crippen LogP contribution in [0.5, 0.6) is 0 Å². The Bertz CT molecular complexity index is 885. The summed E-state index contributed by atoms with van der Waals surface area (Å²) in [4.78, 5) is 2.31. The Hall–Kier alpha value is -2.54. The molecule has 0 bridgehead atoms. The minimum Gasteiger partial charge on any atom is -0.419 e. The molecule has 26 heavy (non-hydrogen) atoms. The molecule has 4 rings (SSSR count). The first-order valence-corrected chi connectivity index (χ1v) is 8.87. The molecule has 0 unspecified atom stereocenters. The van der Waals surface area contributed by atoms with E-state index in [1.54, 1.807) is 18.2 Å². The van der Waals surface area contributed by atoms with Crippen molar-refractivity contribution in [2.45, 2.75) is 45.7 Å². The van der Waals surface area contributed by atoms with Crippen molar-refractivity contribution >= 4 is 0 Å². The summed E-state index contributed by atoms with van der Waals surface area (Å²) in [6.07, 6.45) is 3.15. The number of nitrogens with zero attached hydrogens (tertiary/aromatic N) is 4. The summed E-state index contributed by atoms with van der Waals surface area (Å²) >= 11 is 0. The molecule has 1 aromatic carbocycles. The Balaban J connectivity index is 1.60. The third kappa shape index (κ3) is 3.14. The Morgan fingerprint density at radius 3 is 2.81 bits per heavy atom. The van der Waals surface area contributed by atoms with Crippen molar-refractivity contribution in [2.24, 2.45) is 0 Å². The van der Waals surface area contributed by atoms with Crippen molar-refractivity contribution in [3.8, 4) is 11.5 Å². The van der Waals surface area contributed by atoms with Gasteiger partial charge in [0.1, 0.15) is 11.6 Å². The monoisotopic (exact) mass is 356 g/mol. The number of hydrogen-bond acceptors (Lipinski definition) is 6. The Morgan fingerprint density at radius 2 is 2.04 bits per heavy atom. The van der Waals surface area contributed by atoms with Crippen LogP contribution in [0.15, 0.2) is 33.2 Å². The molecule has 2 aromatic heterocycles. The summed E-state index contributed by atoms with van der Waals surface area (Å²) in [5.74, 6) is 1.24. The highest BCUT2D eigenvalue weighted by molar-refractivity contribution is 5.53. The van der Waals surface area contributed by atoms with E-state index < -0.39 is 0 Å². The fourth-order valence-corrected chi connectivity index (χ4v) is 3.50. The van der Waals surface area contributed by atoms with Crippen molar-refractivity contribution in [1.29, 1.82) is 0 Å². The van der Waals surface area contributed by atoms with Crippen molar-refractivity contribution in [2.75, 3.05) is 6.54 Å². The minimum absolute atomic E-state index is 0.0190. The smallest absolute Gasteiger partial charge is 0.250 e. The maximum absolute atomic E-state index is 14.0. The van der Waals surface area contributed by atoms with Gasteiger partial charge in [0.15, 0.2) is 0 Å². The van der Waals surface area contributed by atoms with Crippen LogP contribution in [-0.2, 0) is 6.54 Å². The molecule has 1 atom stereocenters. The van der Waals surface area contributed by atoms with E-state index in [4.69, 9.17) is 8.94 Å². The lowest BCUT2D eigenvalue weighted by Crippen LogP contribution is -2.33. The van der Waals surface area contributed by atoms with Crippen LogP contribution in [0.1, 0.15) is 48.2 Å². The third-order valence-electron chi connectivity index (χ3n) is 4.99. The van der Waals surface area contributed by atoms with Gasteiger partial charge in [0.2, 0.25) is 5.89 Å². The van der Waals surface area contributed by atoms with E-state index in [2.05, 4.69) is 20.3 Å². The van der Waals surface area contributed by atoms with Crippen molar-refractivity contribution in [3.63, 3.8) is 0 Å². The van der Waals surface area contributed by atoms with Crippen LogP contribution in [-0.4, -0.2) is 26.8 Å². The molecular weight excluding hydrogens is 335 g/mol. The summed E-state index contributed by atoms with van der Waals surface area (Å²) in [5.41, 5.74) is 2.34. The molecule has 0 amide bonds. The molecule has 6 nitrogen and oxygen atoms in total. The van der Waals surface area contributed by atoms with Gasteiger partial charge >= 0.3 is 0 Å². The molecule has 0 spiro atoms. The molecule has 0 N–H and O–H groups in total. The predicted molar refractivity (Wildman–Crippen MR) is 92.7 cm³/mol. The molecule has 1 aliphatic heterocycles. The van der Waals surface area contributed by atoms with Gasteiger partial charge in [0.25, 0.3) is 5.89 Å². The fraction of sp³-hybridized carbons (Fsp3) is 0.421. The van der Waals surface area contributed by atoms with E-state index in [-0.39, 0.29) is 17.7 Å². The second kappa shape index (κ2) is 6.99. The van der Waals surface area contributed by atoms with E-state index in [9.17, 15) is 4.39 Å². The quantitative estimate of drug-likeness (QED) is 0.698. The number of piperidine rings is 1. The highest BCUT2D eigenvalue weighted by atomic mass is 19.1. The van der Waals surface area contributed by atoms with Crippen molar-refractivity contribution in [1.82, 2.24) is 20.3 Å². The normalized spacial score (nSPS) is 18.3. The van der Waals surface area contributed by atoms with Gasteiger partial charge < -0.3 is 8.94 Å². The van der Waals surface area contributed by atoms with Crippen molar-refractivity contribution < 1.29 is 13.3 Å². The van der Waals surface area contributed by atoms with Crippen LogP contribution in [0.25, 0.3) is 11.5 Å². The first-order valence-electron chi connectivity index (χ1n) is 8.87. The van der Waals surface area contributed by atoms with Crippen LogP contribution in [0.4, 0.5) is 4.39 Å². The highest BCUT2D eigenvalue weighted by Gasteiger charge is 2.30. The zero-order valence-corrected chi connectivity index (χ0v) is 14.9. The molecule has 7 heteroatoms. The lowest BCUT2D eigenvalue weighted by Gasteiger charge is -2.33. The summed E-state index contributed by atoms with van der Waals surface area (Å²) < 4.78 is 25.1. The number of likely N-dealkylation sites (tertiary alicyclic amines) is 1. The molecular formula is C19H21FN4O2. The number of benzene rings is 1. The number of aromatic nitrogens is 3. The molecule has 1 saturated heterocycles. The van der Waals surface area contributed by atoms with Crippen LogP contribution in [0, 0.1) is 19.7 Å². The lowest BCUT2D eigenvalue weighted by molar-refractivity contribution is 0.117. The summed E-state index contributed by atoms with van der Waals surface area (Å²) in [6, 6.07) is 6.46. The molecule has 3 aromatic rings. The second-order valence-electron chi connectivity index (χ2n) is 6.71. The Morgan fingerprint density at radius 1 is 1.19 bits per heavy atom. The maximum atomic E-state index is 14.0. The second-order valence-corrected chi connectivity index (χ2v) is 6.71. The molecule has 3 heterocycles. The molecule has 0 radical (unpaired) electrons. The van der Waals surface area contributed by atoms with Gasteiger partial charge in [-0.3, -0.25) is 4.90 Å². The van der Waals surface area contributed by atoms with E-state index >= 15 is 0 Å². The summed E-state index contributed by atoms with van der Waals surface area (Å²) in [6.45, 7) is 5.54. The Labute approximate surface area is 151 Å². The topological polar surface area (TPSA) is 68.2 Å². The van der Waals surface area contributed by atoms with E-state index in [0.29, 0.717) is 11.5 Å². The number of aryl methyl sites for hydroxylation is 2. The standard InChI is InChI=1S/C19H21FN4O2/c1-12-15(13(2)26-23-12)11-24-10-6-5-9-17(24)19-22-21-18(25-19)14-7-3-4-8-16(14)20/h3-4,7-8,17H,5-6,9-11H2,1-2H3/t17-/m0/s1. The predicted octanol–water partition coefficient (Wildman–Crippen LogP) is 4.21. The maximum Gasteiger partial charge on any atom is 0.250 e. The van der Waals surface area contributed by atoms with Gasteiger partial charge in [-0.15, -0.1) is 10.2 Å². The molecule has 0 saturated carbocycles.